The van der Waals surface area contributed by atoms with E-state index in [4.69, 9.17) is 0 Å². The van der Waals surface area contributed by atoms with Crippen molar-refractivity contribution < 1.29 is 9.90 Å². The van der Waals surface area contributed by atoms with Crippen molar-refractivity contribution in [3.8, 4) is 0 Å². The maximum absolute atomic E-state index is 11.3. The maximum Gasteiger partial charge on any atom is 0.368 e. The van der Waals surface area contributed by atoms with Crippen LogP contribution in [0.3, 0.4) is 0 Å². The van der Waals surface area contributed by atoms with Crippen molar-refractivity contribution in [2.45, 2.75) is 38.5 Å². The highest BCUT2D eigenvalue weighted by Gasteiger charge is 2.38. The first-order valence-electron chi connectivity index (χ1n) is 6.51. The number of aliphatic hydroxyl groups is 1. The van der Waals surface area contributed by atoms with Crippen molar-refractivity contribution in [1.82, 2.24) is 4.90 Å². The van der Waals surface area contributed by atoms with Crippen molar-refractivity contribution in [3.05, 3.63) is 34.5 Å². The summed E-state index contributed by atoms with van der Waals surface area (Å²) in [6.45, 7) is 5.11. The first-order chi connectivity index (χ1) is 8.97. The monoisotopic (exact) mass is 259 g/mol. The SMILES string of the molecule is CC(C)(Cc1cccc2c1=NC(=O)N=2)N1CCC1O. The largest absolute Gasteiger partial charge is 0.378 e. The Hall–Kier alpha value is -1.59. The zero-order valence-electron chi connectivity index (χ0n) is 11.1. The molecule has 3 rings (SSSR count). The molecule has 0 aliphatic carbocycles. The molecule has 2 amide bonds. The number of likely N-dealkylation sites (tertiary alicyclic amines) is 1. The summed E-state index contributed by atoms with van der Waals surface area (Å²) >= 11 is 0. The Morgan fingerprint density at radius 3 is 2.84 bits per heavy atom. The number of carbonyl (C=O) groups is 1. The number of amides is 2. The Balaban J connectivity index is 1.94. The summed E-state index contributed by atoms with van der Waals surface area (Å²) in [5.41, 5.74) is 0.852. The van der Waals surface area contributed by atoms with Crippen molar-refractivity contribution in [2.75, 3.05) is 6.54 Å². The van der Waals surface area contributed by atoms with Gasteiger partial charge in [-0.05, 0) is 38.3 Å². The molecule has 19 heavy (non-hydrogen) atoms. The molecule has 0 spiro atoms. The highest BCUT2D eigenvalue weighted by Crippen LogP contribution is 2.28. The summed E-state index contributed by atoms with van der Waals surface area (Å²) in [4.78, 5) is 21.2. The summed E-state index contributed by atoms with van der Waals surface area (Å²) < 4.78 is 0. The van der Waals surface area contributed by atoms with Crippen LogP contribution in [0.2, 0.25) is 0 Å². The molecule has 2 aliphatic rings. The molecule has 5 nitrogen and oxygen atoms in total. The van der Waals surface area contributed by atoms with Gasteiger partial charge in [0.1, 0.15) is 6.23 Å². The molecule has 2 heterocycles. The van der Waals surface area contributed by atoms with Gasteiger partial charge in [-0.25, -0.2) is 4.79 Å². The number of aliphatic hydroxyl groups excluding tert-OH is 1. The van der Waals surface area contributed by atoms with Crippen LogP contribution in [0.25, 0.3) is 0 Å². The van der Waals surface area contributed by atoms with Crippen molar-refractivity contribution in [1.29, 1.82) is 0 Å². The van der Waals surface area contributed by atoms with E-state index < -0.39 is 6.03 Å². The maximum atomic E-state index is 11.3. The summed E-state index contributed by atoms with van der Waals surface area (Å²) in [6, 6.07) is 5.25. The third-order valence-corrected chi connectivity index (χ3v) is 3.91. The fourth-order valence-corrected chi connectivity index (χ4v) is 2.81. The van der Waals surface area contributed by atoms with E-state index in [9.17, 15) is 9.90 Å². The van der Waals surface area contributed by atoms with Crippen LogP contribution in [0.4, 0.5) is 4.79 Å². The van der Waals surface area contributed by atoms with Crippen LogP contribution in [0.1, 0.15) is 25.8 Å². The third-order valence-electron chi connectivity index (χ3n) is 3.91. The normalized spacial score (nSPS) is 22.5. The quantitative estimate of drug-likeness (QED) is 0.854. The van der Waals surface area contributed by atoms with Gasteiger partial charge in [0.15, 0.2) is 0 Å². The van der Waals surface area contributed by atoms with E-state index in [1.165, 1.54) is 0 Å². The van der Waals surface area contributed by atoms with E-state index in [-0.39, 0.29) is 11.8 Å². The molecule has 5 heteroatoms. The number of hydrogen-bond acceptors (Lipinski definition) is 3. The minimum absolute atomic E-state index is 0.159. The zero-order valence-corrected chi connectivity index (χ0v) is 11.1. The fourth-order valence-electron chi connectivity index (χ4n) is 2.81. The molecule has 1 aromatic carbocycles. The van der Waals surface area contributed by atoms with Crippen molar-refractivity contribution in [2.24, 2.45) is 9.98 Å². The topological polar surface area (TPSA) is 65.3 Å². The lowest BCUT2D eigenvalue weighted by Gasteiger charge is -2.48. The van der Waals surface area contributed by atoms with E-state index in [1.54, 1.807) is 6.07 Å². The molecule has 2 aliphatic heterocycles. The molecule has 1 unspecified atom stereocenters. The van der Waals surface area contributed by atoms with Gasteiger partial charge in [0.25, 0.3) is 0 Å². The molecular weight excluding hydrogens is 242 g/mol. The molecule has 1 saturated heterocycles. The summed E-state index contributed by atoms with van der Waals surface area (Å²) in [7, 11) is 0. The van der Waals surface area contributed by atoms with Gasteiger partial charge in [0.05, 0.1) is 10.7 Å². The molecule has 0 saturated carbocycles. The van der Waals surface area contributed by atoms with E-state index in [0.29, 0.717) is 10.7 Å². The smallest absolute Gasteiger partial charge is 0.368 e. The first-order valence-corrected chi connectivity index (χ1v) is 6.51. The van der Waals surface area contributed by atoms with E-state index in [2.05, 4.69) is 28.7 Å². The van der Waals surface area contributed by atoms with Crippen LogP contribution in [0.15, 0.2) is 28.2 Å². The number of benzene rings is 1. The van der Waals surface area contributed by atoms with Gasteiger partial charge in [0, 0.05) is 12.1 Å². The van der Waals surface area contributed by atoms with Gasteiger partial charge in [-0.2, -0.15) is 9.98 Å². The molecule has 1 fully saturated rings. The van der Waals surface area contributed by atoms with Gasteiger partial charge in [0.2, 0.25) is 0 Å². The number of urea groups is 1. The van der Waals surface area contributed by atoms with E-state index in [0.717, 1.165) is 24.9 Å². The van der Waals surface area contributed by atoms with Crippen molar-refractivity contribution >= 4 is 6.03 Å². The van der Waals surface area contributed by atoms with Crippen LogP contribution in [-0.4, -0.2) is 34.3 Å². The average Bonchev–Trinajstić information content (AvgIpc) is 2.67. The number of rotatable bonds is 3. The molecular formula is C14H17N3O2. The lowest BCUT2D eigenvalue weighted by atomic mass is 9.89. The number of para-hydroxylation sites is 1. The zero-order chi connectivity index (χ0) is 13.6. The van der Waals surface area contributed by atoms with Gasteiger partial charge in [-0.3, -0.25) is 4.90 Å². The number of fused-ring (bicyclic) bond motifs is 1. The van der Waals surface area contributed by atoms with Crippen LogP contribution in [-0.2, 0) is 6.42 Å². The highest BCUT2D eigenvalue weighted by atomic mass is 16.3. The predicted molar refractivity (Wildman–Crippen MR) is 69.3 cm³/mol. The standard InChI is InChI=1S/C14H17N3O2/c1-14(2,17-7-6-11(17)18)8-9-4-3-5-10-12(9)16-13(19)15-10/h3-5,11,18H,6-8H2,1-2H3. The fraction of sp³-hybridized carbons (Fsp3) is 0.500. The Labute approximate surface area is 111 Å². The molecule has 1 aromatic rings. The van der Waals surface area contributed by atoms with Crippen LogP contribution < -0.4 is 10.7 Å². The Kier molecular flexibility index (Phi) is 2.76. The van der Waals surface area contributed by atoms with Crippen LogP contribution in [0, 0.1) is 0 Å². The van der Waals surface area contributed by atoms with Gasteiger partial charge in [-0.15, -0.1) is 0 Å². The minimum Gasteiger partial charge on any atom is -0.378 e. The number of carbonyl (C=O) groups excluding carboxylic acids is 1. The highest BCUT2D eigenvalue weighted by molar-refractivity contribution is 5.77. The van der Waals surface area contributed by atoms with Crippen molar-refractivity contribution in [3.63, 3.8) is 0 Å². The average molecular weight is 259 g/mol. The summed E-state index contributed by atoms with van der Waals surface area (Å²) in [6.07, 6.45) is 1.21. The van der Waals surface area contributed by atoms with Gasteiger partial charge in [-0.1, -0.05) is 12.1 Å². The lowest BCUT2D eigenvalue weighted by Crippen LogP contribution is -2.59. The molecule has 1 atom stereocenters. The summed E-state index contributed by atoms with van der Waals surface area (Å²) in [5, 5.41) is 11.1. The second-order valence-electron chi connectivity index (χ2n) is 5.74. The molecule has 100 valence electrons. The molecule has 0 aromatic heterocycles. The van der Waals surface area contributed by atoms with E-state index >= 15 is 0 Å². The Morgan fingerprint density at radius 2 is 2.21 bits per heavy atom. The third kappa shape index (κ3) is 2.09. The van der Waals surface area contributed by atoms with Crippen LogP contribution >= 0.6 is 0 Å². The molecule has 0 radical (unpaired) electrons. The molecule has 1 N–H and O–H groups in total. The first kappa shape index (κ1) is 12.4. The predicted octanol–water partition coefficient (Wildman–Crippen LogP) is 0.405. The second kappa shape index (κ2) is 4.21. The Morgan fingerprint density at radius 1 is 1.42 bits per heavy atom. The molecule has 0 bridgehead atoms. The lowest BCUT2D eigenvalue weighted by molar-refractivity contribution is -0.127. The minimum atomic E-state index is -0.427. The van der Waals surface area contributed by atoms with E-state index in [1.807, 2.05) is 12.1 Å². The number of hydrogen-bond donors (Lipinski definition) is 1. The van der Waals surface area contributed by atoms with Gasteiger partial charge < -0.3 is 5.11 Å². The summed E-state index contributed by atoms with van der Waals surface area (Å²) in [5.74, 6) is 0. The Bertz CT molecular complexity index is 651. The second-order valence-corrected chi connectivity index (χ2v) is 5.74. The number of nitrogens with zero attached hydrogens (tertiary/aromatic N) is 3. The van der Waals surface area contributed by atoms with Gasteiger partial charge >= 0.3 is 6.03 Å². The van der Waals surface area contributed by atoms with Crippen LogP contribution in [0.5, 0.6) is 0 Å².